The van der Waals surface area contributed by atoms with Crippen molar-refractivity contribution in [1.82, 2.24) is 4.90 Å². The van der Waals surface area contributed by atoms with Gasteiger partial charge in [0.05, 0.1) is 12.1 Å². The molecule has 0 aliphatic carbocycles. The van der Waals surface area contributed by atoms with Crippen molar-refractivity contribution in [1.29, 1.82) is 0 Å². The molecule has 16 heavy (non-hydrogen) atoms. The van der Waals surface area contributed by atoms with Gasteiger partial charge in [0, 0.05) is 7.05 Å². The van der Waals surface area contributed by atoms with Gasteiger partial charge >= 0.3 is 0 Å². The lowest BCUT2D eigenvalue weighted by Crippen LogP contribution is -2.41. The highest BCUT2D eigenvalue weighted by molar-refractivity contribution is 5.82. The first-order chi connectivity index (χ1) is 7.70. The Morgan fingerprint density at radius 1 is 1.25 bits per heavy atom. The average molecular weight is 218 g/mol. The van der Waals surface area contributed by atoms with Crippen LogP contribution >= 0.6 is 0 Å². The molecule has 0 radical (unpaired) electrons. The molecular weight excluding hydrogens is 200 g/mol. The van der Waals surface area contributed by atoms with Gasteiger partial charge in [-0.3, -0.25) is 4.79 Å². The van der Waals surface area contributed by atoms with Gasteiger partial charge in [-0.15, -0.1) is 0 Å². The Kier molecular flexibility index (Phi) is 3.25. The number of likely N-dealkylation sites (N-methyl/N-ethyl adjacent to an activating group) is 1. The SMILES string of the molecule is CN1C(=O)[C@@H](N)CCC[C@@H]1c1ccccc1. The molecule has 0 saturated carbocycles. The largest absolute Gasteiger partial charge is 0.337 e. The molecule has 1 saturated heterocycles. The van der Waals surface area contributed by atoms with Crippen molar-refractivity contribution in [3.8, 4) is 0 Å². The second-order valence-corrected chi connectivity index (χ2v) is 4.41. The number of hydrogen-bond acceptors (Lipinski definition) is 2. The Morgan fingerprint density at radius 2 is 1.94 bits per heavy atom. The van der Waals surface area contributed by atoms with Gasteiger partial charge in [-0.2, -0.15) is 0 Å². The highest BCUT2D eigenvalue weighted by Gasteiger charge is 2.28. The van der Waals surface area contributed by atoms with Crippen LogP contribution in [-0.2, 0) is 4.79 Å². The van der Waals surface area contributed by atoms with Gasteiger partial charge in [-0.1, -0.05) is 30.3 Å². The number of carbonyl (C=O) groups excluding carboxylic acids is 1. The number of hydrogen-bond donors (Lipinski definition) is 1. The zero-order chi connectivity index (χ0) is 11.5. The quantitative estimate of drug-likeness (QED) is 0.779. The molecule has 0 bridgehead atoms. The van der Waals surface area contributed by atoms with Crippen molar-refractivity contribution < 1.29 is 4.79 Å². The summed E-state index contributed by atoms with van der Waals surface area (Å²) in [6.07, 6.45) is 2.81. The van der Waals surface area contributed by atoms with Gasteiger partial charge in [0.2, 0.25) is 5.91 Å². The van der Waals surface area contributed by atoms with E-state index in [-0.39, 0.29) is 18.0 Å². The molecule has 0 unspecified atom stereocenters. The Labute approximate surface area is 96.2 Å². The van der Waals surface area contributed by atoms with Gasteiger partial charge in [0.15, 0.2) is 0 Å². The molecular formula is C13H18N2O. The molecule has 1 aliphatic rings. The molecule has 1 fully saturated rings. The molecule has 3 heteroatoms. The third-order valence-electron chi connectivity index (χ3n) is 3.31. The third-order valence-corrected chi connectivity index (χ3v) is 3.31. The fourth-order valence-electron chi connectivity index (χ4n) is 2.33. The number of likely N-dealkylation sites (tertiary alicyclic amines) is 1. The normalized spacial score (nSPS) is 26.6. The minimum absolute atomic E-state index is 0.0614. The first-order valence-electron chi connectivity index (χ1n) is 5.77. The predicted molar refractivity (Wildman–Crippen MR) is 63.8 cm³/mol. The van der Waals surface area contributed by atoms with Gasteiger partial charge < -0.3 is 10.6 Å². The molecule has 1 heterocycles. The standard InChI is InChI=1S/C13H18N2O/c1-15-12(10-6-3-2-4-7-10)9-5-8-11(14)13(15)16/h2-4,6-7,11-12H,5,8-9,14H2,1H3/t11-,12+/m0/s1. The molecule has 1 amide bonds. The van der Waals surface area contributed by atoms with Crippen LogP contribution in [0.1, 0.15) is 30.9 Å². The summed E-state index contributed by atoms with van der Waals surface area (Å²) >= 11 is 0. The summed E-state index contributed by atoms with van der Waals surface area (Å²) in [6, 6.07) is 10.0. The predicted octanol–water partition coefficient (Wildman–Crippen LogP) is 1.70. The third kappa shape index (κ3) is 2.09. The lowest BCUT2D eigenvalue weighted by molar-refractivity contribution is -0.132. The summed E-state index contributed by atoms with van der Waals surface area (Å²) in [5.41, 5.74) is 7.02. The first-order valence-corrected chi connectivity index (χ1v) is 5.77. The van der Waals surface area contributed by atoms with E-state index in [1.165, 1.54) is 5.56 Å². The Balaban J connectivity index is 2.24. The zero-order valence-electron chi connectivity index (χ0n) is 9.60. The van der Waals surface area contributed by atoms with E-state index in [9.17, 15) is 4.79 Å². The van der Waals surface area contributed by atoms with Crippen molar-refractivity contribution in [2.45, 2.75) is 31.3 Å². The molecule has 1 aliphatic heterocycles. The van der Waals surface area contributed by atoms with Crippen molar-refractivity contribution in [3.63, 3.8) is 0 Å². The number of nitrogens with two attached hydrogens (primary N) is 1. The molecule has 2 N–H and O–H groups in total. The van der Waals surface area contributed by atoms with Crippen LogP contribution in [0.5, 0.6) is 0 Å². The molecule has 1 aromatic rings. The molecule has 86 valence electrons. The van der Waals surface area contributed by atoms with Gasteiger partial charge in [0.1, 0.15) is 0 Å². The van der Waals surface area contributed by atoms with Gasteiger partial charge in [0.25, 0.3) is 0 Å². The number of carbonyl (C=O) groups is 1. The highest BCUT2D eigenvalue weighted by atomic mass is 16.2. The second kappa shape index (κ2) is 4.66. The van der Waals surface area contributed by atoms with E-state index in [4.69, 9.17) is 5.73 Å². The van der Waals surface area contributed by atoms with Crippen LogP contribution in [0.4, 0.5) is 0 Å². The van der Waals surface area contributed by atoms with E-state index >= 15 is 0 Å². The van der Waals surface area contributed by atoms with Crippen molar-refractivity contribution in [3.05, 3.63) is 35.9 Å². The van der Waals surface area contributed by atoms with E-state index in [0.29, 0.717) is 0 Å². The topological polar surface area (TPSA) is 46.3 Å². The fraction of sp³-hybridized carbons (Fsp3) is 0.462. The smallest absolute Gasteiger partial charge is 0.239 e. The number of rotatable bonds is 1. The second-order valence-electron chi connectivity index (χ2n) is 4.41. The molecule has 3 nitrogen and oxygen atoms in total. The van der Waals surface area contributed by atoms with Crippen LogP contribution in [-0.4, -0.2) is 23.9 Å². The maximum absolute atomic E-state index is 11.9. The summed E-state index contributed by atoms with van der Waals surface area (Å²) in [6.45, 7) is 0. The Bertz CT molecular complexity index is 363. The Morgan fingerprint density at radius 3 is 2.62 bits per heavy atom. The van der Waals surface area contributed by atoms with E-state index in [2.05, 4.69) is 12.1 Å². The van der Waals surface area contributed by atoms with Crippen LogP contribution in [0.3, 0.4) is 0 Å². The molecule has 2 atom stereocenters. The monoisotopic (exact) mass is 218 g/mol. The van der Waals surface area contributed by atoms with Crippen LogP contribution in [0.25, 0.3) is 0 Å². The minimum Gasteiger partial charge on any atom is -0.337 e. The zero-order valence-corrected chi connectivity index (χ0v) is 9.60. The van der Waals surface area contributed by atoms with E-state index < -0.39 is 0 Å². The Hall–Kier alpha value is -1.35. The van der Waals surface area contributed by atoms with Crippen LogP contribution < -0.4 is 5.73 Å². The van der Waals surface area contributed by atoms with Crippen LogP contribution in [0, 0.1) is 0 Å². The maximum Gasteiger partial charge on any atom is 0.239 e. The summed E-state index contributed by atoms with van der Waals surface area (Å²) in [5, 5.41) is 0. The highest BCUT2D eigenvalue weighted by Crippen LogP contribution is 2.28. The lowest BCUT2D eigenvalue weighted by Gasteiger charge is -2.27. The number of amides is 1. The van der Waals surface area contributed by atoms with E-state index in [1.807, 2.05) is 25.2 Å². The van der Waals surface area contributed by atoms with Crippen LogP contribution in [0.15, 0.2) is 30.3 Å². The summed E-state index contributed by atoms with van der Waals surface area (Å²) in [5.74, 6) is 0.0614. The number of nitrogens with zero attached hydrogens (tertiary/aromatic N) is 1. The molecule has 2 rings (SSSR count). The average Bonchev–Trinajstić information content (AvgIpc) is 2.44. The lowest BCUT2D eigenvalue weighted by atomic mass is 10.0. The molecule has 0 spiro atoms. The summed E-state index contributed by atoms with van der Waals surface area (Å²) < 4.78 is 0. The van der Waals surface area contributed by atoms with Crippen molar-refractivity contribution >= 4 is 5.91 Å². The molecule has 1 aromatic carbocycles. The van der Waals surface area contributed by atoms with Gasteiger partial charge in [-0.25, -0.2) is 0 Å². The first kappa shape index (κ1) is 11.1. The summed E-state index contributed by atoms with van der Waals surface area (Å²) in [4.78, 5) is 13.7. The van der Waals surface area contributed by atoms with Crippen molar-refractivity contribution in [2.75, 3.05) is 7.05 Å². The molecule has 0 aromatic heterocycles. The maximum atomic E-state index is 11.9. The number of benzene rings is 1. The fourth-order valence-corrected chi connectivity index (χ4v) is 2.33. The summed E-state index contributed by atoms with van der Waals surface area (Å²) in [7, 11) is 1.85. The van der Waals surface area contributed by atoms with Crippen molar-refractivity contribution in [2.24, 2.45) is 5.73 Å². The van der Waals surface area contributed by atoms with Gasteiger partial charge in [-0.05, 0) is 24.8 Å². The van der Waals surface area contributed by atoms with E-state index in [0.717, 1.165) is 19.3 Å². The van der Waals surface area contributed by atoms with E-state index in [1.54, 1.807) is 4.90 Å². The van der Waals surface area contributed by atoms with Crippen LogP contribution in [0.2, 0.25) is 0 Å². The minimum atomic E-state index is -0.321.